The smallest absolute Gasteiger partial charge is 0.231 e. The van der Waals surface area contributed by atoms with Crippen molar-refractivity contribution in [2.75, 3.05) is 6.54 Å². The van der Waals surface area contributed by atoms with Gasteiger partial charge in [0.2, 0.25) is 5.89 Å². The Morgan fingerprint density at radius 3 is 2.68 bits per heavy atom. The molecule has 0 saturated heterocycles. The molecule has 1 aromatic heterocycles. The van der Waals surface area contributed by atoms with E-state index >= 15 is 0 Å². The van der Waals surface area contributed by atoms with Crippen LogP contribution in [0.4, 0.5) is 0 Å². The van der Waals surface area contributed by atoms with Crippen molar-refractivity contribution in [1.82, 2.24) is 15.5 Å². The number of aromatic nitrogens is 2. The molecule has 0 amide bonds. The van der Waals surface area contributed by atoms with Crippen LogP contribution in [0.15, 0.2) is 4.52 Å². The third-order valence-electron chi connectivity index (χ3n) is 4.27. The number of rotatable bonds is 7. The molecule has 0 aliphatic heterocycles. The predicted molar refractivity (Wildman–Crippen MR) is 76.3 cm³/mol. The van der Waals surface area contributed by atoms with Gasteiger partial charge in [-0.05, 0) is 32.2 Å². The van der Waals surface area contributed by atoms with Gasteiger partial charge in [0.25, 0.3) is 0 Å². The number of hydrogen-bond donors (Lipinski definition) is 1. The highest BCUT2D eigenvalue weighted by Gasteiger charge is 2.26. The van der Waals surface area contributed by atoms with Gasteiger partial charge in [0, 0.05) is 12.0 Å². The highest BCUT2D eigenvalue weighted by atomic mass is 16.5. The number of hydrogen-bond acceptors (Lipinski definition) is 4. The Labute approximate surface area is 116 Å². The van der Waals surface area contributed by atoms with Crippen molar-refractivity contribution in [2.24, 2.45) is 0 Å². The summed E-state index contributed by atoms with van der Waals surface area (Å²) in [5.74, 6) is 2.56. The second kappa shape index (κ2) is 7.04. The Bertz CT molecular complexity index is 371. The molecule has 0 bridgehead atoms. The van der Waals surface area contributed by atoms with E-state index in [0.717, 1.165) is 31.1 Å². The van der Waals surface area contributed by atoms with Gasteiger partial charge in [0.15, 0.2) is 5.82 Å². The molecule has 108 valence electrons. The number of nitrogens with one attached hydrogen (secondary N) is 1. The lowest BCUT2D eigenvalue weighted by molar-refractivity contribution is 0.316. The van der Waals surface area contributed by atoms with Gasteiger partial charge >= 0.3 is 0 Å². The van der Waals surface area contributed by atoms with Crippen LogP contribution in [0.25, 0.3) is 0 Å². The van der Waals surface area contributed by atoms with Gasteiger partial charge < -0.3 is 9.84 Å². The molecule has 1 N–H and O–H groups in total. The molecular formula is C15H27N3O. The summed E-state index contributed by atoms with van der Waals surface area (Å²) in [6.07, 6.45) is 7.29. The van der Waals surface area contributed by atoms with E-state index < -0.39 is 0 Å². The summed E-state index contributed by atoms with van der Waals surface area (Å²) in [6, 6.07) is 0.428. The maximum atomic E-state index is 5.50. The van der Waals surface area contributed by atoms with Gasteiger partial charge in [0.05, 0.1) is 5.92 Å². The van der Waals surface area contributed by atoms with Gasteiger partial charge in [0.1, 0.15) is 0 Å². The molecule has 2 unspecified atom stereocenters. The maximum absolute atomic E-state index is 5.50. The van der Waals surface area contributed by atoms with E-state index in [1.54, 1.807) is 0 Å². The molecule has 1 saturated carbocycles. The minimum absolute atomic E-state index is 0.291. The monoisotopic (exact) mass is 265 g/mol. The lowest BCUT2D eigenvalue weighted by Gasteiger charge is -2.20. The first-order valence-corrected chi connectivity index (χ1v) is 7.83. The summed E-state index contributed by atoms with van der Waals surface area (Å²) in [5, 5.41) is 7.77. The van der Waals surface area contributed by atoms with E-state index in [2.05, 4.69) is 36.2 Å². The second-order valence-corrected chi connectivity index (χ2v) is 5.73. The molecule has 4 nitrogen and oxygen atoms in total. The van der Waals surface area contributed by atoms with Crippen LogP contribution in [0.1, 0.15) is 82.8 Å². The Morgan fingerprint density at radius 1 is 1.32 bits per heavy atom. The summed E-state index contributed by atoms with van der Waals surface area (Å²) < 4.78 is 5.50. The quantitative estimate of drug-likeness (QED) is 0.818. The van der Waals surface area contributed by atoms with Gasteiger partial charge in [-0.2, -0.15) is 4.98 Å². The molecule has 2 rings (SSSR count). The van der Waals surface area contributed by atoms with E-state index in [1.807, 2.05) is 0 Å². The summed E-state index contributed by atoms with van der Waals surface area (Å²) in [6.45, 7) is 7.63. The fourth-order valence-electron chi connectivity index (χ4n) is 2.96. The van der Waals surface area contributed by atoms with Gasteiger partial charge in [-0.1, -0.05) is 38.8 Å². The minimum Gasteiger partial charge on any atom is -0.339 e. The molecule has 0 spiro atoms. The third kappa shape index (κ3) is 3.56. The van der Waals surface area contributed by atoms with Crippen LogP contribution >= 0.6 is 0 Å². The van der Waals surface area contributed by atoms with Crippen LogP contribution in [0, 0.1) is 0 Å². The summed E-state index contributed by atoms with van der Waals surface area (Å²) in [7, 11) is 0. The Hall–Kier alpha value is -0.900. The number of nitrogens with zero attached hydrogens (tertiary/aromatic N) is 2. The molecule has 2 atom stereocenters. The van der Waals surface area contributed by atoms with Crippen molar-refractivity contribution < 1.29 is 4.52 Å². The first-order chi connectivity index (χ1) is 9.26. The first-order valence-electron chi connectivity index (χ1n) is 7.83. The fourth-order valence-corrected chi connectivity index (χ4v) is 2.96. The van der Waals surface area contributed by atoms with Crippen molar-refractivity contribution in [2.45, 2.75) is 77.2 Å². The summed E-state index contributed by atoms with van der Waals surface area (Å²) in [4.78, 5) is 4.65. The van der Waals surface area contributed by atoms with E-state index in [9.17, 15) is 0 Å². The van der Waals surface area contributed by atoms with Crippen LogP contribution in [0.2, 0.25) is 0 Å². The molecule has 1 aliphatic carbocycles. The minimum atomic E-state index is 0.291. The van der Waals surface area contributed by atoms with Crippen molar-refractivity contribution in [3.63, 3.8) is 0 Å². The Morgan fingerprint density at radius 2 is 2.05 bits per heavy atom. The molecule has 1 fully saturated rings. The molecular weight excluding hydrogens is 238 g/mol. The molecule has 0 aromatic carbocycles. The van der Waals surface area contributed by atoms with Crippen LogP contribution in [-0.4, -0.2) is 22.7 Å². The van der Waals surface area contributed by atoms with Crippen molar-refractivity contribution in [3.8, 4) is 0 Å². The molecule has 19 heavy (non-hydrogen) atoms. The zero-order valence-electron chi connectivity index (χ0n) is 12.5. The summed E-state index contributed by atoms with van der Waals surface area (Å²) in [5.41, 5.74) is 0. The zero-order valence-corrected chi connectivity index (χ0v) is 12.5. The van der Waals surface area contributed by atoms with E-state index in [4.69, 9.17) is 4.52 Å². The maximum Gasteiger partial charge on any atom is 0.231 e. The molecule has 1 aliphatic rings. The Kier molecular flexibility index (Phi) is 5.37. The van der Waals surface area contributed by atoms with E-state index in [0.29, 0.717) is 17.9 Å². The van der Waals surface area contributed by atoms with Crippen LogP contribution in [-0.2, 0) is 0 Å². The van der Waals surface area contributed by atoms with Crippen LogP contribution in [0.3, 0.4) is 0 Å². The summed E-state index contributed by atoms with van der Waals surface area (Å²) >= 11 is 0. The van der Waals surface area contributed by atoms with Crippen LogP contribution in [0.5, 0.6) is 0 Å². The average molecular weight is 265 g/mol. The SMILES string of the molecule is CCCNC(CC)C(C)c1nc(C2CCCC2)no1. The first kappa shape index (κ1) is 14.5. The zero-order chi connectivity index (χ0) is 13.7. The molecule has 0 radical (unpaired) electrons. The van der Waals surface area contributed by atoms with E-state index in [-0.39, 0.29) is 0 Å². The lowest BCUT2D eigenvalue weighted by atomic mass is 9.99. The molecule has 1 aromatic rings. The van der Waals surface area contributed by atoms with Crippen molar-refractivity contribution >= 4 is 0 Å². The third-order valence-corrected chi connectivity index (χ3v) is 4.27. The van der Waals surface area contributed by atoms with Gasteiger partial charge in [-0.3, -0.25) is 0 Å². The second-order valence-electron chi connectivity index (χ2n) is 5.73. The van der Waals surface area contributed by atoms with Crippen molar-refractivity contribution in [1.29, 1.82) is 0 Å². The normalized spacial score (nSPS) is 19.7. The average Bonchev–Trinajstić information content (AvgIpc) is 3.10. The van der Waals surface area contributed by atoms with Gasteiger partial charge in [-0.15, -0.1) is 0 Å². The largest absolute Gasteiger partial charge is 0.339 e. The van der Waals surface area contributed by atoms with Crippen molar-refractivity contribution in [3.05, 3.63) is 11.7 Å². The van der Waals surface area contributed by atoms with Crippen LogP contribution < -0.4 is 5.32 Å². The van der Waals surface area contributed by atoms with E-state index in [1.165, 1.54) is 25.7 Å². The molecule has 4 heteroatoms. The Balaban J connectivity index is 1.99. The standard InChI is InChI=1S/C15H27N3O/c1-4-10-16-13(5-2)11(3)15-17-14(18-19-15)12-8-6-7-9-12/h11-13,16H,4-10H2,1-3H3. The highest BCUT2D eigenvalue weighted by Crippen LogP contribution is 2.33. The van der Waals surface area contributed by atoms with Gasteiger partial charge in [-0.25, -0.2) is 0 Å². The molecule has 1 heterocycles. The topological polar surface area (TPSA) is 51.0 Å². The predicted octanol–water partition coefficient (Wildman–Crippen LogP) is 3.61. The highest BCUT2D eigenvalue weighted by molar-refractivity contribution is 5.02. The lowest BCUT2D eigenvalue weighted by Crippen LogP contribution is -2.33. The fraction of sp³-hybridized carbons (Fsp3) is 0.867.